The number of benzene rings is 1. The van der Waals surface area contributed by atoms with Crippen molar-refractivity contribution in [2.24, 2.45) is 0 Å². The highest BCUT2D eigenvalue weighted by Gasteiger charge is 2.16. The number of urea groups is 1. The quantitative estimate of drug-likeness (QED) is 0.764. The smallest absolute Gasteiger partial charge is 0.320 e. The van der Waals surface area contributed by atoms with Gasteiger partial charge in [0.15, 0.2) is 5.82 Å². The van der Waals surface area contributed by atoms with E-state index in [1.807, 2.05) is 24.3 Å². The van der Waals surface area contributed by atoms with Gasteiger partial charge in [-0.1, -0.05) is 12.1 Å². The number of amides is 2. The van der Waals surface area contributed by atoms with Crippen LogP contribution in [0.15, 0.2) is 24.3 Å². The zero-order valence-corrected chi connectivity index (χ0v) is 13.8. The molecule has 0 radical (unpaired) electrons. The SMILES string of the molecule is O=C(NCc1nc2c(s1)COCC2)Nc1nsc2ccccc12. The van der Waals surface area contributed by atoms with Gasteiger partial charge in [0.25, 0.3) is 0 Å². The van der Waals surface area contributed by atoms with Crippen LogP contribution in [0.25, 0.3) is 10.1 Å². The molecule has 23 heavy (non-hydrogen) atoms. The number of hydrogen-bond acceptors (Lipinski definition) is 6. The lowest BCUT2D eigenvalue weighted by atomic mass is 10.2. The van der Waals surface area contributed by atoms with Gasteiger partial charge in [-0.05, 0) is 23.7 Å². The predicted octanol–water partition coefficient (Wildman–Crippen LogP) is 3.15. The summed E-state index contributed by atoms with van der Waals surface area (Å²) in [5.74, 6) is 0.593. The van der Waals surface area contributed by atoms with E-state index >= 15 is 0 Å². The van der Waals surface area contributed by atoms with Crippen LogP contribution in [0, 0.1) is 0 Å². The molecular weight excluding hydrogens is 332 g/mol. The maximum absolute atomic E-state index is 12.1. The summed E-state index contributed by atoms with van der Waals surface area (Å²) in [4.78, 5) is 17.8. The van der Waals surface area contributed by atoms with E-state index < -0.39 is 0 Å². The Labute approximate surface area is 140 Å². The minimum Gasteiger partial charge on any atom is -0.375 e. The standard InChI is InChI=1S/C15H14N4O2S2/c20-15(18-14-9-3-1-2-4-11(9)23-19-14)16-7-13-17-10-5-6-21-8-12(10)22-13/h1-4H,5-8H2,(H2,16,18,19,20). The average Bonchev–Trinajstić information content (AvgIpc) is 3.17. The number of carbonyl (C=O) groups excluding carboxylic acids is 1. The molecule has 0 spiro atoms. The van der Waals surface area contributed by atoms with Gasteiger partial charge in [-0.2, -0.15) is 4.37 Å². The fourth-order valence-electron chi connectivity index (χ4n) is 2.44. The zero-order chi connectivity index (χ0) is 15.6. The zero-order valence-electron chi connectivity index (χ0n) is 12.2. The van der Waals surface area contributed by atoms with Gasteiger partial charge < -0.3 is 10.1 Å². The molecule has 4 rings (SSSR count). The summed E-state index contributed by atoms with van der Waals surface area (Å²) in [5.41, 5.74) is 1.10. The van der Waals surface area contributed by atoms with Crippen molar-refractivity contribution in [3.8, 4) is 0 Å². The molecule has 8 heteroatoms. The van der Waals surface area contributed by atoms with Crippen LogP contribution in [0.2, 0.25) is 0 Å². The minimum atomic E-state index is -0.273. The van der Waals surface area contributed by atoms with E-state index in [0.29, 0.717) is 19.0 Å². The second-order valence-corrected chi connectivity index (χ2v) is 7.09. The Balaban J connectivity index is 1.39. The summed E-state index contributed by atoms with van der Waals surface area (Å²) >= 11 is 2.97. The molecule has 0 saturated heterocycles. The summed E-state index contributed by atoms with van der Waals surface area (Å²) in [6.07, 6.45) is 0.850. The van der Waals surface area contributed by atoms with Crippen LogP contribution < -0.4 is 10.6 Å². The molecule has 0 unspecified atom stereocenters. The molecule has 3 aromatic rings. The summed E-state index contributed by atoms with van der Waals surface area (Å²) in [5, 5.41) is 7.49. The lowest BCUT2D eigenvalue weighted by Crippen LogP contribution is -2.28. The number of nitrogens with one attached hydrogen (secondary N) is 2. The van der Waals surface area contributed by atoms with Crippen molar-refractivity contribution in [3.63, 3.8) is 0 Å². The van der Waals surface area contributed by atoms with Crippen LogP contribution in [0.4, 0.5) is 10.6 Å². The molecule has 2 N–H and O–H groups in total. The number of ether oxygens (including phenoxy) is 1. The Morgan fingerprint density at radius 1 is 1.35 bits per heavy atom. The van der Waals surface area contributed by atoms with Crippen LogP contribution in [0.3, 0.4) is 0 Å². The number of carbonyl (C=O) groups is 1. The molecule has 0 saturated carbocycles. The van der Waals surface area contributed by atoms with E-state index in [2.05, 4.69) is 20.0 Å². The normalized spacial score (nSPS) is 13.7. The van der Waals surface area contributed by atoms with E-state index in [0.717, 1.165) is 33.8 Å². The molecular formula is C15H14N4O2S2. The number of anilines is 1. The number of nitrogens with zero attached hydrogens (tertiary/aromatic N) is 2. The lowest BCUT2D eigenvalue weighted by Gasteiger charge is -2.08. The van der Waals surface area contributed by atoms with Crippen molar-refractivity contribution < 1.29 is 9.53 Å². The average molecular weight is 346 g/mol. The highest BCUT2D eigenvalue weighted by Crippen LogP contribution is 2.26. The Morgan fingerprint density at radius 2 is 2.26 bits per heavy atom. The molecule has 3 heterocycles. The number of hydrogen-bond donors (Lipinski definition) is 2. The molecule has 0 fully saturated rings. The molecule has 6 nitrogen and oxygen atoms in total. The fraction of sp³-hybridized carbons (Fsp3) is 0.267. The summed E-state index contributed by atoms with van der Waals surface area (Å²) in [6.45, 7) is 1.76. The van der Waals surface area contributed by atoms with Crippen molar-refractivity contribution in [1.29, 1.82) is 0 Å². The molecule has 1 aliphatic heterocycles. The van der Waals surface area contributed by atoms with Crippen molar-refractivity contribution in [2.45, 2.75) is 19.6 Å². The highest BCUT2D eigenvalue weighted by molar-refractivity contribution is 7.13. The van der Waals surface area contributed by atoms with E-state index in [4.69, 9.17) is 4.74 Å². The Kier molecular flexibility index (Phi) is 3.94. The van der Waals surface area contributed by atoms with Gasteiger partial charge in [-0.3, -0.25) is 5.32 Å². The first-order valence-corrected chi connectivity index (χ1v) is 8.83. The summed E-state index contributed by atoms with van der Waals surface area (Å²) < 4.78 is 10.7. The Hall–Kier alpha value is -2.03. The molecule has 1 aliphatic rings. The van der Waals surface area contributed by atoms with E-state index in [-0.39, 0.29) is 6.03 Å². The second kappa shape index (κ2) is 6.23. The summed E-state index contributed by atoms with van der Waals surface area (Å²) in [6, 6.07) is 7.55. The van der Waals surface area contributed by atoms with Gasteiger partial charge in [0.2, 0.25) is 0 Å². The van der Waals surface area contributed by atoms with Crippen molar-refractivity contribution in [1.82, 2.24) is 14.7 Å². The van der Waals surface area contributed by atoms with Crippen LogP contribution in [0.5, 0.6) is 0 Å². The van der Waals surface area contributed by atoms with Crippen LogP contribution in [-0.4, -0.2) is 22.0 Å². The van der Waals surface area contributed by atoms with Crippen LogP contribution >= 0.6 is 22.9 Å². The lowest BCUT2D eigenvalue weighted by molar-refractivity contribution is 0.112. The Bertz CT molecular complexity index is 835. The van der Waals surface area contributed by atoms with Crippen molar-refractivity contribution in [3.05, 3.63) is 39.8 Å². The maximum atomic E-state index is 12.1. The first kappa shape index (κ1) is 14.6. The van der Waals surface area contributed by atoms with Gasteiger partial charge in [-0.25, -0.2) is 9.78 Å². The third-order valence-corrected chi connectivity index (χ3v) is 5.45. The molecule has 118 valence electrons. The first-order valence-electron chi connectivity index (χ1n) is 7.24. The van der Waals surface area contributed by atoms with Gasteiger partial charge in [-0.15, -0.1) is 11.3 Å². The van der Waals surface area contributed by atoms with E-state index in [9.17, 15) is 4.79 Å². The molecule has 0 aliphatic carbocycles. The van der Waals surface area contributed by atoms with Crippen LogP contribution in [0.1, 0.15) is 15.6 Å². The van der Waals surface area contributed by atoms with Crippen molar-refractivity contribution in [2.75, 3.05) is 11.9 Å². The number of fused-ring (bicyclic) bond motifs is 2. The highest BCUT2D eigenvalue weighted by atomic mass is 32.1. The second-order valence-electron chi connectivity index (χ2n) is 5.12. The monoisotopic (exact) mass is 346 g/mol. The first-order chi connectivity index (χ1) is 11.3. The molecule has 2 amide bonds. The minimum absolute atomic E-state index is 0.273. The number of rotatable bonds is 3. The fourth-order valence-corrected chi connectivity index (χ4v) is 4.17. The maximum Gasteiger partial charge on any atom is 0.320 e. The van der Waals surface area contributed by atoms with Gasteiger partial charge in [0.1, 0.15) is 5.01 Å². The van der Waals surface area contributed by atoms with E-state index in [1.165, 1.54) is 16.4 Å². The summed E-state index contributed by atoms with van der Waals surface area (Å²) in [7, 11) is 0. The van der Waals surface area contributed by atoms with Gasteiger partial charge in [0.05, 0.1) is 35.0 Å². The molecule has 2 aromatic heterocycles. The number of aromatic nitrogens is 2. The van der Waals surface area contributed by atoms with Gasteiger partial charge in [0, 0.05) is 11.8 Å². The van der Waals surface area contributed by atoms with Gasteiger partial charge >= 0.3 is 6.03 Å². The van der Waals surface area contributed by atoms with E-state index in [1.54, 1.807) is 11.3 Å². The molecule has 0 atom stereocenters. The topological polar surface area (TPSA) is 76.1 Å². The van der Waals surface area contributed by atoms with Crippen LogP contribution in [-0.2, 0) is 24.3 Å². The molecule has 0 bridgehead atoms. The van der Waals surface area contributed by atoms with Crippen molar-refractivity contribution >= 4 is 44.8 Å². The third-order valence-electron chi connectivity index (χ3n) is 3.55. The molecule has 1 aromatic carbocycles. The Morgan fingerprint density at radius 3 is 3.17 bits per heavy atom. The predicted molar refractivity (Wildman–Crippen MR) is 91.0 cm³/mol. The largest absolute Gasteiger partial charge is 0.375 e. The number of thiazole rings is 1. The third kappa shape index (κ3) is 3.05.